The van der Waals surface area contributed by atoms with Crippen molar-refractivity contribution in [1.29, 1.82) is 0 Å². The maximum absolute atomic E-state index is 5.44. The number of nitrogen functional groups attached to an aromatic ring is 1. The molecule has 0 aromatic carbocycles. The Labute approximate surface area is 106 Å². The van der Waals surface area contributed by atoms with E-state index in [1.165, 1.54) is 12.8 Å². The van der Waals surface area contributed by atoms with E-state index in [-0.39, 0.29) is 0 Å². The molecule has 98 valence electrons. The van der Waals surface area contributed by atoms with Crippen molar-refractivity contribution in [3.05, 3.63) is 11.9 Å². The highest BCUT2D eigenvalue weighted by atomic mass is 16.5. The van der Waals surface area contributed by atoms with E-state index in [2.05, 4.69) is 20.7 Å². The first-order chi connectivity index (χ1) is 8.85. The molecule has 0 bridgehead atoms. The summed E-state index contributed by atoms with van der Waals surface area (Å²) in [4.78, 5) is 8.93. The molecule has 1 unspecified atom stereocenters. The van der Waals surface area contributed by atoms with Crippen LogP contribution in [0.4, 0.5) is 11.6 Å². The molecule has 2 aliphatic rings. The molecule has 1 saturated carbocycles. The fourth-order valence-electron chi connectivity index (χ4n) is 2.15. The number of ether oxygens (including phenoxy) is 1. The molecule has 1 aromatic heterocycles. The Morgan fingerprint density at radius 2 is 2.11 bits per heavy atom. The predicted octanol–water partition coefficient (Wildman–Crippen LogP) is 1.09. The lowest BCUT2D eigenvalue weighted by Gasteiger charge is -2.12. The van der Waals surface area contributed by atoms with Crippen LogP contribution in [0.1, 0.15) is 31.0 Å². The van der Waals surface area contributed by atoms with Crippen molar-refractivity contribution in [2.75, 3.05) is 30.5 Å². The average Bonchev–Trinajstić information content (AvgIpc) is 3.13. The van der Waals surface area contributed by atoms with Gasteiger partial charge in [-0.3, -0.25) is 0 Å². The van der Waals surface area contributed by atoms with Crippen LogP contribution < -0.4 is 16.6 Å². The van der Waals surface area contributed by atoms with E-state index >= 15 is 0 Å². The first kappa shape index (κ1) is 11.7. The van der Waals surface area contributed by atoms with Gasteiger partial charge >= 0.3 is 0 Å². The largest absolute Gasteiger partial charge is 0.381 e. The summed E-state index contributed by atoms with van der Waals surface area (Å²) in [5.74, 6) is 8.97. The Bertz CT molecular complexity index is 415. The lowest BCUT2D eigenvalue weighted by Crippen LogP contribution is -2.16. The lowest BCUT2D eigenvalue weighted by molar-refractivity contribution is 0.187. The van der Waals surface area contributed by atoms with Gasteiger partial charge in [-0.2, -0.15) is 0 Å². The molecule has 1 atom stereocenters. The smallest absolute Gasteiger partial charge is 0.145 e. The first-order valence-corrected chi connectivity index (χ1v) is 6.52. The van der Waals surface area contributed by atoms with E-state index in [1.54, 1.807) is 0 Å². The molecule has 1 aliphatic heterocycles. The van der Waals surface area contributed by atoms with E-state index < -0.39 is 0 Å². The minimum Gasteiger partial charge on any atom is -0.381 e. The number of nitrogens with one attached hydrogen (secondary N) is 2. The fraction of sp³-hybridized carbons (Fsp3) is 0.667. The van der Waals surface area contributed by atoms with Gasteiger partial charge in [0.2, 0.25) is 0 Å². The molecule has 4 N–H and O–H groups in total. The van der Waals surface area contributed by atoms with Crippen LogP contribution in [-0.2, 0) is 4.74 Å². The van der Waals surface area contributed by atoms with E-state index in [9.17, 15) is 0 Å². The average molecular weight is 249 g/mol. The molecule has 1 aliphatic carbocycles. The van der Waals surface area contributed by atoms with Gasteiger partial charge in [0.25, 0.3) is 0 Å². The van der Waals surface area contributed by atoms with Crippen molar-refractivity contribution in [3.63, 3.8) is 0 Å². The van der Waals surface area contributed by atoms with Gasteiger partial charge in [-0.15, -0.1) is 0 Å². The zero-order chi connectivity index (χ0) is 12.4. The third kappa shape index (κ3) is 2.70. The van der Waals surface area contributed by atoms with Crippen LogP contribution in [0.2, 0.25) is 0 Å². The maximum atomic E-state index is 5.44. The molecule has 1 aromatic rings. The van der Waals surface area contributed by atoms with E-state index in [1.807, 2.05) is 6.07 Å². The van der Waals surface area contributed by atoms with Gasteiger partial charge in [0.1, 0.15) is 17.5 Å². The van der Waals surface area contributed by atoms with Crippen molar-refractivity contribution in [3.8, 4) is 0 Å². The zero-order valence-corrected chi connectivity index (χ0v) is 10.4. The molecule has 6 nitrogen and oxygen atoms in total. The summed E-state index contributed by atoms with van der Waals surface area (Å²) < 4.78 is 5.36. The monoisotopic (exact) mass is 249 g/mol. The molecule has 18 heavy (non-hydrogen) atoms. The Morgan fingerprint density at radius 1 is 1.28 bits per heavy atom. The highest BCUT2D eigenvalue weighted by molar-refractivity contribution is 5.47. The number of nitrogens with zero attached hydrogens (tertiary/aromatic N) is 2. The summed E-state index contributed by atoms with van der Waals surface area (Å²) in [6, 6.07) is 1.85. The van der Waals surface area contributed by atoms with Crippen LogP contribution in [0.25, 0.3) is 0 Å². The van der Waals surface area contributed by atoms with Crippen LogP contribution in [0.15, 0.2) is 6.07 Å². The molecule has 3 rings (SSSR count). The third-order valence-corrected chi connectivity index (χ3v) is 3.43. The molecule has 0 radical (unpaired) electrons. The first-order valence-electron chi connectivity index (χ1n) is 6.52. The van der Waals surface area contributed by atoms with Crippen molar-refractivity contribution in [2.24, 2.45) is 11.8 Å². The number of hydrogen-bond donors (Lipinski definition) is 3. The SMILES string of the molecule is NNc1cc(NCC2CCOC2)nc(C2CC2)n1. The van der Waals surface area contributed by atoms with Crippen LogP contribution in [0.3, 0.4) is 0 Å². The highest BCUT2D eigenvalue weighted by Gasteiger charge is 2.27. The Kier molecular flexibility index (Phi) is 3.29. The van der Waals surface area contributed by atoms with Gasteiger partial charge < -0.3 is 15.5 Å². The number of rotatable bonds is 5. The van der Waals surface area contributed by atoms with E-state index in [0.29, 0.717) is 17.7 Å². The Balaban J connectivity index is 1.67. The van der Waals surface area contributed by atoms with Gasteiger partial charge in [0.15, 0.2) is 0 Å². The van der Waals surface area contributed by atoms with Gasteiger partial charge in [-0.25, -0.2) is 15.8 Å². The third-order valence-electron chi connectivity index (χ3n) is 3.43. The van der Waals surface area contributed by atoms with Crippen LogP contribution in [-0.4, -0.2) is 29.7 Å². The molecular formula is C12H19N5O. The van der Waals surface area contributed by atoms with Gasteiger partial charge in [-0.1, -0.05) is 0 Å². The number of hydrogen-bond acceptors (Lipinski definition) is 6. The second-order valence-electron chi connectivity index (χ2n) is 5.03. The van der Waals surface area contributed by atoms with Crippen LogP contribution in [0, 0.1) is 5.92 Å². The summed E-state index contributed by atoms with van der Waals surface area (Å²) in [7, 11) is 0. The summed E-state index contributed by atoms with van der Waals surface area (Å²) in [6.07, 6.45) is 3.49. The highest BCUT2D eigenvalue weighted by Crippen LogP contribution is 2.38. The van der Waals surface area contributed by atoms with E-state index in [0.717, 1.165) is 37.8 Å². The quantitative estimate of drug-likeness (QED) is 0.535. The van der Waals surface area contributed by atoms with Gasteiger partial charge in [0.05, 0.1) is 6.61 Å². The van der Waals surface area contributed by atoms with E-state index in [4.69, 9.17) is 10.6 Å². The zero-order valence-electron chi connectivity index (χ0n) is 10.4. The maximum Gasteiger partial charge on any atom is 0.145 e. The lowest BCUT2D eigenvalue weighted by atomic mass is 10.1. The number of aromatic nitrogens is 2. The number of anilines is 2. The molecule has 2 heterocycles. The van der Waals surface area contributed by atoms with Gasteiger partial charge in [-0.05, 0) is 19.3 Å². The number of nitrogens with two attached hydrogens (primary N) is 1. The van der Waals surface area contributed by atoms with Crippen molar-refractivity contribution in [1.82, 2.24) is 9.97 Å². The molecular weight excluding hydrogens is 230 g/mol. The standard InChI is InChI=1S/C12H19N5O/c13-17-11-5-10(14-6-8-3-4-18-7-8)15-12(16-11)9-1-2-9/h5,8-9H,1-4,6-7,13H2,(H2,14,15,16,17). The summed E-state index contributed by atoms with van der Waals surface area (Å²) >= 11 is 0. The fourth-order valence-corrected chi connectivity index (χ4v) is 2.15. The van der Waals surface area contributed by atoms with Crippen molar-refractivity contribution < 1.29 is 4.74 Å². The Morgan fingerprint density at radius 3 is 2.78 bits per heavy atom. The predicted molar refractivity (Wildman–Crippen MR) is 69.2 cm³/mol. The molecule has 6 heteroatoms. The minimum atomic E-state index is 0.522. The summed E-state index contributed by atoms with van der Waals surface area (Å²) in [5, 5.41) is 3.36. The molecule has 0 amide bonds. The number of hydrazine groups is 1. The van der Waals surface area contributed by atoms with Crippen molar-refractivity contribution in [2.45, 2.75) is 25.2 Å². The molecule has 1 saturated heterocycles. The van der Waals surface area contributed by atoms with Gasteiger partial charge in [0, 0.05) is 31.1 Å². The normalized spacial score (nSPS) is 23.1. The topological polar surface area (TPSA) is 85.1 Å². The summed E-state index contributed by atoms with van der Waals surface area (Å²) in [5.41, 5.74) is 2.60. The molecule has 0 spiro atoms. The minimum absolute atomic E-state index is 0.522. The summed E-state index contributed by atoms with van der Waals surface area (Å²) in [6.45, 7) is 2.61. The van der Waals surface area contributed by atoms with Crippen LogP contribution >= 0.6 is 0 Å². The van der Waals surface area contributed by atoms with Crippen LogP contribution in [0.5, 0.6) is 0 Å². The molecule has 2 fully saturated rings. The Hall–Kier alpha value is -1.40. The van der Waals surface area contributed by atoms with Crippen molar-refractivity contribution >= 4 is 11.6 Å². The second-order valence-corrected chi connectivity index (χ2v) is 5.03. The second kappa shape index (κ2) is 5.07.